The van der Waals surface area contributed by atoms with Gasteiger partial charge in [-0.3, -0.25) is 9.59 Å². The molecule has 0 unspecified atom stereocenters. The Balaban J connectivity index is 1.87. The van der Waals surface area contributed by atoms with E-state index in [2.05, 4.69) is 31.8 Å². The van der Waals surface area contributed by atoms with Crippen molar-refractivity contribution in [3.05, 3.63) is 28.2 Å². The number of amides is 2. The lowest BCUT2D eigenvalue weighted by Crippen LogP contribution is -2.43. The van der Waals surface area contributed by atoms with Gasteiger partial charge in [0.15, 0.2) is 0 Å². The summed E-state index contributed by atoms with van der Waals surface area (Å²) in [6.07, 6.45) is 7.87. The van der Waals surface area contributed by atoms with Crippen LogP contribution in [0.25, 0.3) is 0 Å². The van der Waals surface area contributed by atoms with E-state index in [1.807, 2.05) is 6.07 Å². The Labute approximate surface area is 150 Å². The fourth-order valence-corrected chi connectivity index (χ4v) is 3.07. The average Bonchev–Trinajstić information content (AvgIpc) is 2.83. The minimum Gasteiger partial charge on any atom is -0.496 e. The first-order chi connectivity index (χ1) is 11.6. The first-order valence-corrected chi connectivity index (χ1v) is 8.87. The number of benzene rings is 1. The maximum absolute atomic E-state index is 11.9. The summed E-state index contributed by atoms with van der Waals surface area (Å²) in [5, 5.41) is 6.62. The molecule has 2 amide bonds. The van der Waals surface area contributed by atoms with Gasteiger partial charge in [0.1, 0.15) is 5.75 Å². The second-order valence-electron chi connectivity index (χ2n) is 5.75. The van der Waals surface area contributed by atoms with Crippen molar-refractivity contribution in [3.8, 4) is 5.75 Å². The molecule has 1 fully saturated rings. The first-order valence-electron chi connectivity index (χ1n) is 8.07. The van der Waals surface area contributed by atoms with Crippen LogP contribution in [0.2, 0.25) is 0 Å². The van der Waals surface area contributed by atoms with E-state index in [9.17, 15) is 9.59 Å². The van der Waals surface area contributed by atoms with Crippen molar-refractivity contribution in [1.29, 1.82) is 0 Å². The van der Waals surface area contributed by atoms with E-state index in [0.717, 1.165) is 30.2 Å². The number of methoxy groups -OCH3 is 1. The summed E-state index contributed by atoms with van der Waals surface area (Å²) in [4.78, 5) is 23.8. The van der Waals surface area contributed by atoms with Crippen LogP contribution in [0.3, 0.4) is 0 Å². The lowest BCUT2D eigenvalue weighted by molar-refractivity contribution is -0.139. The second-order valence-corrected chi connectivity index (χ2v) is 6.66. The van der Waals surface area contributed by atoms with E-state index in [1.165, 1.54) is 19.1 Å². The third-order valence-corrected chi connectivity index (χ3v) is 4.45. The van der Waals surface area contributed by atoms with Gasteiger partial charge in [-0.1, -0.05) is 41.6 Å². The van der Waals surface area contributed by atoms with Gasteiger partial charge in [-0.05, 0) is 31.0 Å². The Bertz CT molecular complexity index is 611. The van der Waals surface area contributed by atoms with Crippen LogP contribution < -0.4 is 15.5 Å². The van der Waals surface area contributed by atoms with Crippen molar-refractivity contribution in [3.63, 3.8) is 0 Å². The molecule has 0 heterocycles. The molecule has 130 valence electrons. The molecule has 1 aliphatic carbocycles. The predicted molar refractivity (Wildman–Crippen MR) is 96.1 cm³/mol. The van der Waals surface area contributed by atoms with Gasteiger partial charge in [-0.25, -0.2) is 5.43 Å². The lowest BCUT2D eigenvalue weighted by Gasteiger charge is -2.15. The van der Waals surface area contributed by atoms with Crippen molar-refractivity contribution >= 4 is 34.0 Å². The molecule has 0 spiro atoms. The quantitative estimate of drug-likeness (QED) is 0.356. The molecule has 0 aromatic heterocycles. The van der Waals surface area contributed by atoms with Crippen molar-refractivity contribution < 1.29 is 14.3 Å². The molecular weight excluding hydrogens is 374 g/mol. The van der Waals surface area contributed by atoms with Crippen LogP contribution in [0.4, 0.5) is 0 Å². The van der Waals surface area contributed by atoms with Crippen LogP contribution in [0.1, 0.15) is 44.1 Å². The number of halogens is 1. The zero-order valence-corrected chi connectivity index (χ0v) is 15.3. The number of hydrogen-bond donors (Lipinski definition) is 2. The number of hydrogen-bond acceptors (Lipinski definition) is 4. The van der Waals surface area contributed by atoms with Crippen molar-refractivity contribution in [1.82, 2.24) is 10.7 Å². The van der Waals surface area contributed by atoms with Gasteiger partial charge in [0.2, 0.25) is 0 Å². The molecule has 1 aromatic rings. The summed E-state index contributed by atoms with van der Waals surface area (Å²) in [5.41, 5.74) is 2.95. The van der Waals surface area contributed by atoms with E-state index in [-0.39, 0.29) is 6.04 Å². The summed E-state index contributed by atoms with van der Waals surface area (Å²) in [5.74, 6) is -0.774. The molecule has 6 nitrogen and oxygen atoms in total. The maximum atomic E-state index is 11.9. The molecule has 0 saturated heterocycles. The number of nitrogens with one attached hydrogen (secondary N) is 2. The molecule has 2 N–H and O–H groups in total. The number of nitrogens with zero attached hydrogens (tertiary/aromatic N) is 1. The number of carbonyl (C=O) groups excluding carboxylic acids is 2. The minimum atomic E-state index is -0.760. The standard InChI is InChI=1S/C17H22BrN3O3/c1-24-15-9-8-13(18)10-12(15)11-19-21-17(23)16(22)20-14-6-4-2-3-5-7-14/h8-11,14H,2-7H2,1H3,(H,20,22)(H,21,23)/b19-11+. The zero-order valence-electron chi connectivity index (χ0n) is 13.7. The minimum absolute atomic E-state index is 0.0832. The Kier molecular flexibility index (Phi) is 7.24. The van der Waals surface area contributed by atoms with Crippen LogP contribution in [0, 0.1) is 0 Å². The summed E-state index contributed by atoms with van der Waals surface area (Å²) in [6.45, 7) is 0. The van der Waals surface area contributed by atoms with Crippen LogP contribution >= 0.6 is 15.9 Å². The Morgan fingerprint density at radius 1 is 1.21 bits per heavy atom. The number of hydrazone groups is 1. The fourth-order valence-electron chi connectivity index (χ4n) is 2.69. The molecule has 7 heteroatoms. The highest BCUT2D eigenvalue weighted by Crippen LogP contribution is 2.21. The summed E-state index contributed by atoms with van der Waals surface area (Å²) >= 11 is 3.36. The third-order valence-electron chi connectivity index (χ3n) is 3.96. The second kappa shape index (κ2) is 9.42. The van der Waals surface area contributed by atoms with Gasteiger partial charge in [-0.15, -0.1) is 0 Å². The number of rotatable bonds is 4. The van der Waals surface area contributed by atoms with E-state index in [4.69, 9.17) is 4.74 Å². The first kappa shape index (κ1) is 18.4. The number of carbonyl (C=O) groups is 2. The van der Waals surface area contributed by atoms with E-state index in [0.29, 0.717) is 11.3 Å². The maximum Gasteiger partial charge on any atom is 0.329 e. The molecular formula is C17H22BrN3O3. The molecule has 2 rings (SSSR count). The summed E-state index contributed by atoms with van der Waals surface area (Å²) in [6, 6.07) is 5.51. The van der Waals surface area contributed by atoms with Gasteiger partial charge >= 0.3 is 11.8 Å². The summed E-state index contributed by atoms with van der Waals surface area (Å²) in [7, 11) is 1.55. The smallest absolute Gasteiger partial charge is 0.329 e. The van der Waals surface area contributed by atoms with Gasteiger partial charge in [-0.2, -0.15) is 5.10 Å². The highest BCUT2D eigenvalue weighted by atomic mass is 79.9. The topological polar surface area (TPSA) is 79.8 Å². The molecule has 24 heavy (non-hydrogen) atoms. The molecule has 1 aliphatic rings. The normalized spacial score (nSPS) is 15.8. The third kappa shape index (κ3) is 5.63. The SMILES string of the molecule is COc1ccc(Br)cc1/C=N/NC(=O)C(=O)NC1CCCCCC1. The van der Waals surface area contributed by atoms with E-state index < -0.39 is 11.8 Å². The Morgan fingerprint density at radius 2 is 1.92 bits per heavy atom. The molecule has 0 atom stereocenters. The van der Waals surface area contributed by atoms with E-state index >= 15 is 0 Å². The molecule has 1 aromatic carbocycles. The molecule has 0 bridgehead atoms. The Hall–Kier alpha value is -1.89. The molecule has 0 radical (unpaired) electrons. The van der Waals surface area contributed by atoms with Crippen LogP contribution in [-0.2, 0) is 9.59 Å². The van der Waals surface area contributed by atoms with Crippen molar-refractivity contribution in [2.45, 2.75) is 44.6 Å². The van der Waals surface area contributed by atoms with Crippen LogP contribution in [0.5, 0.6) is 5.75 Å². The van der Waals surface area contributed by atoms with Crippen LogP contribution in [-0.4, -0.2) is 31.2 Å². The number of ether oxygens (including phenoxy) is 1. The monoisotopic (exact) mass is 395 g/mol. The van der Waals surface area contributed by atoms with Crippen molar-refractivity contribution in [2.75, 3.05) is 7.11 Å². The highest BCUT2D eigenvalue weighted by Gasteiger charge is 2.19. The van der Waals surface area contributed by atoms with Gasteiger partial charge in [0, 0.05) is 16.1 Å². The van der Waals surface area contributed by atoms with Crippen LogP contribution in [0.15, 0.2) is 27.8 Å². The van der Waals surface area contributed by atoms with Gasteiger partial charge in [0.05, 0.1) is 13.3 Å². The largest absolute Gasteiger partial charge is 0.496 e. The molecule has 1 saturated carbocycles. The lowest BCUT2D eigenvalue weighted by atomic mass is 10.1. The van der Waals surface area contributed by atoms with E-state index in [1.54, 1.807) is 19.2 Å². The highest BCUT2D eigenvalue weighted by molar-refractivity contribution is 9.10. The predicted octanol–water partition coefficient (Wildman–Crippen LogP) is 2.75. The Morgan fingerprint density at radius 3 is 2.58 bits per heavy atom. The summed E-state index contributed by atoms with van der Waals surface area (Å²) < 4.78 is 6.08. The van der Waals surface area contributed by atoms with Gasteiger partial charge < -0.3 is 10.1 Å². The van der Waals surface area contributed by atoms with Gasteiger partial charge in [0.25, 0.3) is 0 Å². The zero-order chi connectivity index (χ0) is 17.4. The average molecular weight is 396 g/mol. The fraction of sp³-hybridized carbons (Fsp3) is 0.471. The van der Waals surface area contributed by atoms with Crippen molar-refractivity contribution in [2.24, 2.45) is 5.10 Å². The molecule has 0 aliphatic heterocycles.